The molecule has 0 spiro atoms. The zero-order valence-corrected chi connectivity index (χ0v) is 55.4. The number of guanidine groups is 1. The lowest BCUT2D eigenvalue weighted by Gasteiger charge is -2.32. The molecule has 0 unspecified atom stereocenters. The van der Waals surface area contributed by atoms with E-state index in [-0.39, 0.29) is 70.2 Å². The molecule has 36 heteroatoms. The molecule has 3 saturated heterocycles. The van der Waals surface area contributed by atoms with Crippen molar-refractivity contribution >= 4 is 101 Å². The molecule has 3 heterocycles. The summed E-state index contributed by atoms with van der Waals surface area (Å²) in [7, 11) is 0. The first-order valence-corrected chi connectivity index (χ1v) is 31.8. The summed E-state index contributed by atoms with van der Waals surface area (Å²) in [5, 5.41) is 52.8. The number of amides is 13. The third-order valence-corrected chi connectivity index (χ3v) is 16.0. The maximum atomic E-state index is 14.1. The van der Waals surface area contributed by atoms with Crippen LogP contribution in [-0.2, 0) is 76.7 Å². The molecule has 0 aromatic rings. The molecule has 36 nitrogen and oxygen atoms in total. The van der Waals surface area contributed by atoms with Gasteiger partial charge in [-0.05, 0) is 103 Å². The second kappa shape index (κ2) is 37.6. The van der Waals surface area contributed by atoms with Gasteiger partial charge < -0.3 is 100 Å². The minimum Gasteiger partial charge on any atom is -0.481 e. The average Bonchev–Trinajstić information content (AvgIpc) is 1.76. The molecule has 0 radical (unpaired) electrons. The fourth-order valence-corrected chi connectivity index (χ4v) is 10.9. The van der Waals surface area contributed by atoms with Gasteiger partial charge in [-0.1, -0.05) is 41.5 Å². The number of carboxylic acid groups (broad SMARTS) is 3. The Labute approximate surface area is 550 Å². The normalized spacial score (nSPS) is 19.2. The van der Waals surface area contributed by atoms with E-state index in [1.165, 1.54) is 42.4 Å². The zero-order valence-electron chi connectivity index (χ0n) is 55.4. The lowest BCUT2D eigenvalue weighted by Crippen LogP contribution is -2.60. The predicted octanol–water partition coefficient (Wildman–Crippen LogP) is -5.71. The number of rotatable bonds is 36. The van der Waals surface area contributed by atoms with Crippen LogP contribution in [0.2, 0.25) is 0 Å². The van der Waals surface area contributed by atoms with Crippen LogP contribution in [0.1, 0.15) is 140 Å². The molecular weight excluding hydrogens is 1250 g/mol. The van der Waals surface area contributed by atoms with E-state index in [1.54, 1.807) is 41.5 Å². The van der Waals surface area contributed by atoms with E-state index in [0.29, 0.717) is 25.7 Å². The van der Waals surface area contributed by atoms with Crippen molar-refractivity contribution in [1.82, 2.24) is 67.9 Å². The third-order valence-electron chi connectivity index (χ3n) is 16.0. The van der Waals surface area contributed by atoms with Gasteiger partial charge in [0.1, 0.15) is 72.5 Å². The van der Waals surface area contributed by atoms with E-state index < -0.39 is 204 Å². The summed E-state index contributed by atoms with van der Waals surface area (Å²) in [5.41, 5.74) is 16.5. The second-order valence-corrected chi connectivity index (χ2v) is 25.1. The summed E-state index contributed by atoms with van der Waals surface area (Å²) < 4.78 is 0. The van der Waals surface area contributed by atoms with Gasteiger partial charge in [0, 0.05) is 26.2 Å². The Morgan fingerprint density at radius 2 is 0.884 bits per heavy atom. The summed E-state index contributed by atoms with van der Waals surface area (Å²) in [6, 6.07) is -16.7. The summed E-state index contributed by atoms with van der Waals surface area (Å²) >= 11 is 0. The van der Waals surface area contributed by atoms with Crippen LogP contribution in [0.25, 0.3) is 0 Å². The van der Waals surface area contributed by atoms with Crippen molar-refractivity contribution in [2.75, 3.05) is 32.7 Å². The molecule has 13 atom stereocenters. The number of carboxylic acids is 3. The summed E-state index contributed by atoms with van der Waals surface area (Å²) in [6.45, 7) is 15.2. The van der Waals surface area contributed by atoms with E-state index in [2.05, 4.69) is 58.2 Å². The first-order chi connectivity index (χ1) is 44.4. The van der Waals surface area contributed by atoms with E-state index in [1.807, 2.05) is 0 Å². The molecule has 0 saturated carbocycles. The Morgan fingerprint density at radius 1 is 0.463 bits per heavy atom. The molecule has 19 N–H and O–H groups in total. The molecular formula is C59H97N17O19. The second-order valence-electron chi connectivity index (χ2n) is 25.1. The van der Waals surface area contributed by atoms with Crippen molar-refractivity contribution in [2.45, 2.75) is 218 Å². The van der Waals surface area contributed by atoms with Gasteiger partial charge in [0.05, 0.1) is 25.4 Å². The number of nitrogens with two attached hydrogens (primary N) is 3. The van der Waals surface area contributed by atoms with Crippen molar-refractivity contribution in [2.24, 2.45) is 39.9 Å². The summed E-state index contributed by atoms with van der Waals surface area (Å²) in [5.74, 6) is -16.2. The van der Waals surface area contributed by atoms with Crippen molar-refractivity contribution < 1.29 is 92.0 Å². The number of carbonyl (C=O) groups is 16. The van der Waals surface area contributed by atoms with Crippen molar-refractivity contribution in [3.8, 4) is 0 Å². The smallest absolute Gasteiger partial charge is 0.326 e. The number of hydrogen-bond donors (Lipinski definition) is 16. The first-order valence-electron chi connectivity index (χ1n) is 31.8. The summed E-state index contributed by atoms with van der Waals surface area (Å²) in [4.78, 5) is 218. The van der Waals surface area contributed by atoms with Gasteiger partial charge in [0.2, 0.25) is 76.8 Å². The maximum absolute atomic E-state index is 14.1. The SMILES string of the molecule is CC(C)C[C@H](NC(=O)[C@@H](NC(=O)[C@@H]1CCCN1C(=O)[C@@H](NC(=O)CNC(=O)[C@H](C)NC(=O)[C@@H]1CCCN1C(=O)[C@H](C)NC(=O)[C@H](C)NC(=O)[C@@H]1CCCN1C(=O)[C@H](C)NC(=O)[C@H](CC(=O)O)NC(=O)[C@@H](N)CCCN=C(N)N)C(C)C)C(C)C)C(=O)N[C@@H](CC(=O)O)C(=O)O. The van der Waals surface area contributed by atoms with Crippen LogP contribution in [0.4, 0.5) is 0 Å². The monoisotopic (exact) mass is 1350 g/mol. The average molecular weight is 1350 g/mol. The standard InChI is InChI=1S/C59H97N17O19/c1-27(2)23-35(50(86)71-37(58(94)95)25-43(80)81)70-54(90)44(28(3)4)73-53(89)40-18-14-22-76(40)57(93)45(29(5)6)72-41(77)26-64-46(82)30(7)65-51(87)38-16-12-20-74(38)55(91)32(9)67-47(83)31(8)66-52(88)39-17-13-21-75(39)56(92)33(10)68-49(85)36(24-42(78)79)69-48(84)34(60)15-11-19-63-59(61)62/h27-40,44-45H,11-26,60H2,1-10H3,(H,64,82)(H,65,87)(H,66,88)(H,67,83)(H,68,85)(H,69,84)(H,70,90)(H,71,86)(H,72,77)(H,73,89)(H,78,79)(H,80,81)(H,94,95)(H4,61,62,63)/t30-,31-,32-,33-,34-,35-,36-,37-,38-,39-,40-,44-,45-/m0/s1. The molecule has 3 aliphatic rings. The first kappa shape index (κ1) is 80.0. The largest absolute Gasteiger partial charge is 0.481 e. The van der Waals surface area contributed by atoms with Crippen LogP contribution >= 0.6 is 0 Å². The third kappa shape index (κ3) is 24.9. The van der Waals surface area contributed by atoms with E-state index in [4.69, 9.17) is 22.3 Å². The summed E-state index contributed by atoms with van der Waals surface area (Å²) in [6.07, 6.45) is 0.307. The number of hydrogen-bond acceptors (Lipinski definition) is 18. The Morgan fingerprint density at radius 3 is 1.34 bits per heavy atom. The van der Waals surface area contributed by atoms with Gasteiger partial charge in [-0.3, -0.25) is 76.9 Å². The van der Waals surface area contributed by atoms with Gasteiger partial charge in [0.25, 0.3) is 0 Å². The fraction of sp³-hybridized carbons (Fsp3) is 0.712. The molecule has 532 valence electrons. The molecule has 95 heavy (non-hydrogen) atoms. The molecule has 3 aliphatic heterocycles. The Hall–Kier alpha value is -9.25. The number of aliphatic imine (C=N–C) groups is 1. The molecule has 0 bridgehead atoms. The number of nitrogens with one attached hydrogen (secondary N) is 10. The van der Waals surface area contributed by atoms with Crippen LogP contribution in [0, 0.1) is 17.8 Å². The van der Waals surface area contributed by atoms with Crippen molar-refractivity contribution in [1.29, 1.82) is 0 Å². The lowest BCUT2D eigenvalue weighted by atomic mass is 9.99. The molecule has 13 amide bonds. The van der Waals surface area contributed by atoms with Crippen molar-refractivity contribution in [3.05, 3.63) is 0 Å². The van der Waals surface area contributed by atoms with Crippen LogP contribution in [0.3, 0.4) is 0 Å². The molecule has 3 fully saturated rings. The molecule has 0 aromatic heterocycles. The maximum Gasteiger partial charge on any atom is 0.326 e. The topological polar surface area (TPSA) is 554 Å². The highest BCUT2D eigenvalue weighted by Crippen LogP contribution is 2.23. The van der Waals surface area contributed by atoms with Gasteiger partial charge in [0.15, 0.2) is 5.96 Å². The minimum atomic E-state index is -1.79. The number of likely N-dealkylation sites (tertiary alicyclic amines) is 3. The van der Waals surface area contributed by atoms with E-state index in [9.17, 15) is 86.9 Å². The van der Waals surface area contributed by atoms with Crippen LogP contribution < -0.4 is 70.4 Å². The highest BCUT2D eigenvalue weighted by Gasteiger charge is 2.43. The molecule has 3 rings (SSSR count). The Balaban J connectivity index is 1.54. The van der Waals surface area contributed by atoms with Gasteiger partial charge >= 0.3 is 17.9 Å². The van der Waals surface area contributed by atoms with Gasteiger partial charge in [-0.25, -0.2) is 4.79 Å². The molecule has 0 aromatic carbocycles. The van der Waals surface area contributed by atoms with E-state index >= 15 is 0 Å². The highest BCUT2D eigenvalue weighted by molar-refractivity contribution is 6.00. The van der Waals surface area contributed by atoms with Gasteiger partial charge in [-0.2, -0.15) is 0 Å². The molecule has 0 aliphatic carbocycles. The minimum absolute atomic E-state index is 0.0264. The zero-order chi connectivity index (χ0) is 71.9. The van der Waals surface area contributed by atoms with Crippen LogP contribution in [0.5, 0.6) is 0 Å². The Bertz CT molecular complexity index is 2870. The quantitative estimate of drug-likeness (QED) is 0.0158. The predicted molar refractivity (Wildman–Crippen MR) is 336 cm³/mol. The number of aliphatic carboxylic acids is 3. The number of nitrogens with zero attached hydrogens (tertiary/aromatic N) is 4. The van der Waals surface area contributed by atoms with Crippen molar-refractivity contribution in [3.63, 3.8) is 0 Å². The number of carbonyl (C=O) groups excluding carboxylic acids is 13. The highest BCUT2D eigenvalue weighted by atomic mass is 16.4. The Kier molecular flexibility index (Phi) is 31.7. The van der Waals surface area contributed by atoms with E-state index in [0.717, 1.165) is 0 Å². The lowest BCUT2D eigenvalue weighted by molar-refractivity contribution is -0.147. The van der Waals surface area contributed by atoms with Gasteiger partial charge in [-0.15, -0.1) is 0 Å². The fourth-order valence-electron chi connectivity index (χ4n) is 10.9. The van der Waals surface area contributed by atoms with Crippen LogP contribution in [0.15, 0.2) is 4.99 Å². The van der Waals surface area contributed by atoms with Crippen LogP contribution in [-0.4, -0.2) is 242 Å².